The molecule has 0 bridgehead atoms. The average molecular weight is 499 g/mol. The smallest absolute Gasteiger partial charge is 0.322 e. The summed E-state index contributed by atoms with van der Waals surface area (Å²) in [6.45, 7) is 1.04. The van der Waals surface area contributed by atoms with Crippen molar-refractivity contribution in [2.45, 2.75) is 12.5 Å². The molecule has 0 aromatic heterocycles. The Morgan fingerprint density at radius 3 is 2.59 bits per heavy atom. The third kappa shape index (κ3) is 3.74. The van der Waals surface area contributed by atoms with Gasteiger partial charge in [-0.2, -0.15) is 0 Å². The van der Waals surface area contributed by atoms with Crippen LogP contribution in [0.2, 0.25) is 0 Å². The van der Waals surface area contributed by atoms with Gasteiger partial charge in [-0.3, -0.25) is 14.5 Å². The molecule has 2 aromatic rings. The molecule has 2 aromatic carbocycles. The molecule has 1 atom stereocenters. The van der Waals surface area contributed by atoms with E-state index in [9.17, 15) is 18.8 Å². The lowest BCUT2D eigenvalue weighted by Crippen LogP contribution is -2.42. The first-order valence-electron chi connectivity index (χ1n) is 7.86. The van der Waals surface area contributed by atoms with Gasteiger partial charge in [-0.05, 0) is 31.2 Å². The largest absolute Gasteiger partial charge is 0.325 e. The van der Waals surface area contributed by atoms with Crippen LogP contribution in [-0.2, 0) is 15.1 Å². The first-order valence-corrected chi connectivity index (χ1v) is 9.45. The molecule has 3 rings (SSSR count). The molecule has 0 saturated carbocycles. The van der Waals surface area contributed by atoms with Gasteiger partial charge in [-0.25, -0.2) is 9.18 Å². The number of imide groups is 1. The summed E-state index contributed by atoms with van der Waals surface area (Å²) in [5.41, 5.74) is -0.769. The molecule has 1 aliphatic rings. The third-order valence-electron chi connectivity index (χ3n) is 4.19. The molecule has 1 fully saturated rings. The van der Waals surface area contributed by atoms with Crippen molar-refractivity contribution in [1.82, 2.24) is 10.2 Å². The number of nitrogens with zero attached hydrogens (tertiary/aromatic N) is 1. The predicted octanol–water partition coefficient (Wildman–Crippen LogP) is 3.76. The second kappa shape index (κ2) is 7.40. The molecule has 0 radical (unpaired) electrons. The SMILES string of the molecule is C[C@]1(c2ccccc2Br)NC(=O)N(CC(=O)Nc2ccc(Br)cc2F)C1=O. The topological polar surface area (TPSA) is 78.5 Å². The van der Waals surface area contributed by atoms with E-state index >= 15 is 0 Å². The molecule has 2 N–H and O–H groups in total. The van der Waals surface area contributed by atoms with Crippen LogP contribution < -0.4 is 10.6 Å². The molecular weight excluding hydrogens is 485 g/mol. The predicted molar refractivity (Wildman–Crippen MR) is 104 cm³/mol. The van der Waals surface area contributed by atoms with E-state index < -0.39 is 35.7 Å². The number of hydrogen-bond acceptors (Lipinski definition) is 3. The van der Waals surface area contributed by atoms with Gasteiger partial charge in [0.25, 0.3) is 5.91 Å². The van der Waals surface area contributed by atoms with Crippen LogP contribution >= 0.6 is 31.9 Å². The average Bonchev–Trinajstić information content (AvgIpc) is 2.82. The van der Waals surface area contributed by atoms with Crippen molar-refractivity contribution < 1.29 is 18.8 Å². The number of rotatable bonds is 4. The van der Waals surface area contributed by atoms with Crippen molar-refractivity contribution in [1.29, 1.82) is 0 Å². The lowest BCUT2D eigenvalue weighted by Gasteiger charge is -2.23. The number of carbonyl (C=O) groups excluding carboxylic acids is 3. The second-order valence-electron chi connectivity index (χ2n) is 6.10. The Balaban J connectivity index is 1.78. The molecule has 1 aliphatic heterocycles. The maximum absolute atomic E-state index is 13.9. The third-order valence-corrected chi connectivity index (χ3v) is 5.38. The first kappa shape index (κ1) is 19.5. The minimum absolute atomic E-state index is 0.0381. The van der Waals surface area contributed by atoms with Crippen LogP contribution in [0.4, 0.5) is 14.9 Å². The molecule has 0 aliphatic carbocycles. The van der Waals surface area contributed by atoms with Crippen molar-refractivity contribution in [2.24, 2.45) is 0 Å². The van der Waals surface area contributed by atoms with Crippen LogP contribution in [0.15, 0.2) is 51.4 Å². The van der Waals surface area contributed by atoms with Crippen LogP contribution in [0.25, 0.3) is 0 Å². The van der Waals surface area contributed by atoms with Crippen LogP contribution in [0.5, 0.6) is 0 Å². The monoisotopic (exact) mass is 497 g/mol. The summed E-state index contributed by atoms with van der Waals surface area (Å²) in [6.07, 6.45) is 0. The number of halogens is 3. The van der Waals surface area contributed by atoms with E-state index in [0.717, 1.165) is 4.90 Å². The molecule has 0 unspecified atom stereocenters. The summed E-state index contributed by atoms with van der Waals surface area (Å²) < 4.78 is 15.0. The lowest BCUT2D eigenvalue weighted by molar-refractivity contribution is -0.133. The van der Waals surface area contributed by atoms with Crippen LogP contribution in [-0.4, -0.2) is 29.3 Å². The first-order chi connectivity index (χ1) is 12.7. The molecule has 9 heteroatoms. The number of nitrogens with one attached hydrogen (secondary N) is 2. The van der Waals surface area contributed by atoms with Gasteiger partial charge in [0.2, 0.25) is 5.91 Å². The van der Waals surface area contributed by atoms with Crippen molar-refractivity contribution >= 4 is 55.4 Å². The van der Waals surface area contributed by atoms with Gasteiger partial charge in [0, 0.05) is 14.5 Å². The Kier molecular flexibility index (Phi) is 5.34. The minimum atomic E-state index is -1.31. The van der Waals surface area contributed by atoms with E-state index in [1.54, 1.807) is 37.3 Å². The van der Waals surface area contributed by atoms with Crippen LogP contribution in [0.1, 0.15) is 12.5 Å². The summed E-state index contributed by atoms with van der Waals surface area (Å²) in [4.78, 5) is 38.2. The zero-order valence-corrected chi connectivity index (χ0v) is 17.2. The van der Waals surface area contributed by atoms with Gasteiger partial charge in [0.15, 0.2) is 0 Å². The second-order valence-corrected chi connectivity index (χ2v) is 7.87. The zero-order valence-electron chi connectivity index (χ0n) is 14.1. The van der Waals surface area contributed by atoms with Gasteiger partial charge >= 0.3 is 6.03 Å². The van der Waals surface area contributed by atoms with Crippen molar-refractivity contribution in [3.8, 4) is 0 Å². The van der Waals surface area contributed by atoms with E-state index in [1.165, 1.54) is 12.1 Å². The molecule has 140 valence electrons. The Labute approximate surface area is 171 Å². The highest BCUT2D eigenvalue weighted by Crippen LogP contribution is 2.33. The highest BCUT2D eigenvalue weighted by molar-refractivity contribution is 9.10. The maximum atomic E-state index is 13.9. The molecule has 6 nitrogen and oxygen atoms in total. The quantitative estimate of drug-likeness (QED) is 0.630. The summed E-state index contributed by atoms with van der Waals surface area (Å²) >= 11 is 6.50. The Bertz CT molecular complexity index is 953. The number of urea groups is 1. The number of amides is 4. The molecule has 1 heterocycles. The molecule has 27 heavy (non-hydrogen) atoms. The number of carbonyl (C=O) groups is 3. The van der Waals surface area contributed by atoms with Crippen molar-refractivity contribution in [3.05, 3.63) is 62.8 Å². The fraction of sp³-hybridized carbons (Fsp3) is 0.167. The fourth-order valence-electron chi connectivity index (χ4n) is 2.81. The summed E-state index contributed by atoms with van der Waals surface area (Å²) in [5.74, 6) is -1.88. The van der Waals surface area contributed by atoms with Gasteiger partial charge in [0.05, 0.1) is 5.69 Å². The number of anilines is 1. The minimum Gasteiger partial charge on any atom is -0.322 e. The number of hydrogen-bond donors (Lipinski definition) is 2. The Morgan fingerprint density at radius 2 is 1.93 bits per heavy atom. The van der Waals surface area contributed by atoms with E-state index in [0.29, 0.717) is 14.5 Å². The van der Waals surface area contributed by atoms with E-state index in [1.807, 2.05) is 0 Å². The molecule has 1 saturated heterocycles. The standard InChI is InChI=1S/C18H14Br2FN3O3/c1-18(11-4-2-3-5-12(11)20)16(26)24(17(27)23-18)9-15(25)22-14-7-6-10(19)8-13(14)21/h2-8H,9H2,1H3,(H,22,25)(H,23,27)/t18-/m1/s1. The van der Waals surface area contributed by atoms with Gasteiger partial charge in [0.1, 0.15) is 17.9 Å². The molecule has 0 spiro atoms. The van der Waals surface area contributed by atoms with E-state index in [-0.39, 0.29) is 5.69 Å². The summed E-state index contributed by atoms with van der Waals surface area (Å²) in [5, 5.41) is 4.99. The normalized spacial score (nSPS) is 19.2. The van der Waals surface area contributed by atoms with Crippen LogP contribution in [0.3, 0.4) is 0 Å². The summed E-state index contributed by atoms with van der Waals surface area (Å²) in [7, 11) is 0. The summed E-state index contributed by atoms with van der Waals surface area (Å²) in [6, 6.07) is 10.5. The zero-order chi connectivity index (χ0) is 19.8. The van der Waals surface area contributed by atoms with Crippen LogP contribution in [0, 0.1) is 5.82 Å². The Morgan fingerprint density at radius 1 is 1.22 bits per heavy atom. The number of benzene rings is 2. The van der Waals surface area contributed by atoms with Gasteiger partial charge in [-0.1, -0.05) is 50.1 Å². The molecule has 4 amide bonds. The van der Waals surface area contributed by atoms with Crippen molar-refractivity contribution in [3.63, 3.8) is 0 Å². The fourth-order valence-corrected chi connectivity index (χ4v) is 3.83. The lowest BCUT2D eigenvalue weighted by atomic mass is 9.92. The van der Waals surface area contributed by atoms with Gasteiger partial charge in [-0.15, -0.1) is 0 Å². The highest BCUT2D eigenvalue weighted by atomic mass is 79.9. The van der Waals surface area contributed by atoms with Crippen molar-refractivity contribution in [2.75, 3.05) is 11.9 Å². The highest BCUT2D eigenvalue weighted by Gasteiger charge is 2.50. The maximum Gasteiger partial charge on any atom is 0.325 e. The van der Waals surface area contributed by atoms with E-state index in [2.05, 4.69) is 42.5 Å². The molecular formula is C18H14Br2FN3O3. The van der Waals surface area contributed by atoms with Gasteiger partial charge < -0.3 is 10.6 Å². The Hall–Kier alpha value is -2.26. The van der Waals surface area contributed by atoms with E-state index in [4.69, 9.17) is 0 Å².